The normalized spacial score (nSPS) is 21.5. The first-order valence-corrected chi connectivity index (χ1v) is 8.09. The first-order valence-electron chi connectivity index (χ1n) is 8.09. The second-order valence-electron chi connectivity index (χ2n) is 6.19. The summed E-state index contributed by atoms with van der Waals surface area (Å²) >= 11 is 0. The van der Waals surface area contributed by atoms with Gasteiger partial charge in [-0.1, -0.05) is 17.7 Å². The largest absolute Gasteiger partial charge is 0.497 e. The van der Waals surface area contributed by atoms with Gasteiger partial charge in [0.1, 0.15) is 5.75 Å². The van der Waals surface area contributed by atoms with Crippen LogP contribution in [0.3, 0.4) is 0 Å². The number of benzene rings is 1. The van der Waals surface area contributed by atoms with Crippen LogP contribution in [0.4, 0.5) is 4.79 Å². The molecule has 1 aromatic rings. The molecule has 2 amide bonds. The van der Waals surface area contributed by atoms with Crippen molar-refractivity contribution in [3.63, 3.8) is 0 Å². The zero-order valence-corrected chi connectivity index (χ0v) is 13.2. The number of methoxy groups -OCH3 is 1. The number of carbonyl (C=O) groups is 1. The molecule has 0 bridgehead atoms. The number of rotatable bonds is 3. The molecule has 2 N–H and O–H groups in total. The molecule has 4 heteroatoms. The molecule has 22 heavy (non-hydrogen) atoms. The van der Waals surface area contributed by atoms with Gasteiger partial charge in [-0.25, -0.2) is 4.79 Å². The molecule has 0 saturated heterocycles. The fraction of sp³-hybridized carbons (Fsp3) is 0.500. The van der Waals surface area contributed by atoms with Crippen LogP contribution in [0.15, 0.2) is 35.4 Å². The van der Waals surface area contributed by atoms with E-state index in [1.165, 1.54) is 30.4 Å². The third-order valence-electron chi connectivity index (χ3n) is 4.93. The summed E-state index contributed by atoms with van der Waals surface area (Å²) < 4.78 is 5.21. The minimum absolute atomic E-state index is 0.134. The van der Waals surface area contributed by atoms with E-state index < -0.39 is 0 Å². The number of hydrogen-bond donors (Lipinski definition) is 1. The van der Waals surface area contributed by atoms with Gasteiger partial charge in [-0.3, -0.25) is 0 Å². The van der Waals surface area contributed by atoms with Gasteiger partial charge in [0.2, 0.25) is 0 Å². The van der Waals surface area contributed by atoms with E-state index in [4.69, 9.17) is 10.5 Å². The van der Waals surface area contributed by atoms with Crippen LogP contribution in [-0.2, 0) is 6.42 Å². The first-order chi connectivity index (χ1) is 10.7. The molecular formula is C18H24N2O2. The molecule has 1 atom stereocenters. The highest BCUT2D eigenvalue weighted by Crippen LogP contribution is 2.36. The van der Waals surface area contributed by atoms with E-state index in [2.05, 4.69) is 12.1 Å². The van der Waals surface area contributed by atoms with E-state index >= 15 is 0 Å². The molecule has 1 unspecified atom stereocenters. The van der Waals surface area contributed by atoms with Gasteiger partial charge in [-0.05, 0) is 61.8 Å². The highest BCUT2D eigenvalue weighted by atomic mass is 16.5. The number of carbonyl (C=O) groups excluding carboxylic acids is 1. The second-order valence-corrected chi connectivity index (χ2v) is 6.19. The van der Waals surface area contributed by atoms with Gasteiger partial charge < -0.3 is 15.4 Å². The van der Waals surface area contributed by atoms with Crippen molar-refractivity contribution in [1.82, 2.24) is 4.90 Å². The summed E-state index contributed by atoms with van der Waals surface area (Å²) in [5, 5.41) is 0. The highest BCUT2D eigenvalue weighted by Gasteiger charge is 2.32. The number of urea groups is 1. The van der Waals surface area contributed by atoms with Gasteiger partial charge >= 0.3 is 6.03 Å². The summed E-state index contributed by atoms with van der Waals surface area (Å²) in [6.07, 6.45) is 6.65. The van der Waals surface area contributed by atoms with E-state index in [0.717, 1.165) is 31.6 Å². The number of nitrogens with two attached hydrogens (primary N) is 1. The molecule has 4 nitrogen and oxygen atoms in total. The van der Waals surface area contributed by atoms with E-state index in [1.54, 1.807) is 12.7 Å². The van der Waals surface area contributed by atoms with Crippen molar-refractivity contribution in [1.29, 1.82) is 0 Å². The van der Waals surface area contributed by atoms with E-state index in [-0.39, 0.29) is 12.1 Å². The van der Waals surface area contributed by atoms with Crippen LogP contribution < -0.4 is 10.5 Å². The van der Waals surface area contributed by atoms with Gasteiger partial charge in [0.05, 0.1) is 13.2 Å². The topological polar surface area (TPSA) is 55.6 Å². The maximum Gasteiger partial charge on any atom is 0.315 e. The lowest BCUT2D eigenvalue weighted by Gasteiger charge is -2.40. The molecule has 0 spiro atoms. The Morgan fingerprint density at radius 1 is 1.23 bits per heavy atom. The molecule has 1 aromatic carbocycles. The molecule has 3 rings (SSSR count). The van der Waals surface area contributed by atoms with Crippen LogP contribution in [0.5, 0.6) is 5.75 Å². The Morgan fingerprint density at radius 3 is 2.64 bits per heavy atom. The third kappa shape index (κ3) is 2.96. The molecule has 1 aliphatic carbocycles. The molecule has 0 saturated carbocycles. The lowest BCUT2D eigenvalue weighted by Crippen LogP contribution is -2.49. The van der Waals surface area contributed by atoms with Crippen molar-refractivity contribution < 1.29 is 9.53 Å². The Hall–Kier alpha value is -1.97. The van der Waals surface area contributed by atoms with Gasteiger partial charge in [-0.2, -0.15) is 0 Å². The second kappa shape index (κ2) is 6.42. The van der Waals surface area contributed by atoms with Crippen molar-refractivity contribution in [3.8, 4) is 5.75 Å². The molecule has 1 aliphatic heterocycles. The maximum absolute atomic E-state index is 11.8. The summed E-state index contributed by atoms with van der Waals surface area (Å²) in [6.45, 7) is 0.759. The number of primary amides is 1. The maximum atomic E-state index is 11.8. The fourth-order valence-corrected chi connectivity index (χ4v) is 3.76. The van der Waals surface area contributed by atoms with Crippen LogP contribution in [0.1, 0.15) is 37.7 Å². The summed E-state index contributed by atoms with van der Waals surface area (Å²) in [4.78, 5) is 13.7. The van der Waals surface area contributed by atoms with Crippen LogP contribution >= 0.6 is 0 Å². The Kier molecular flexibility index (Phi) is 4.36. The Bertz CT molecular complexity index is 577. The zero-order chi connectivity index (χ0) is 15.5. The molecule has 118 valence electrons. The van der Waals surface area contributed by atoms with Gasteiger partial charge in [0, 0.05) is 6.54 Å². The van der Waals surface area contributed by atoms with Gasteiger partial charge in [-0.15, -0.1) is 0 Å². The number of amides is 2. The monoisotopic (exact) mass is 300 g/mol. The zero-order valence-electron chi connectivity index (χ0n) is 13.2. The molecular weight excluding hydrogens is 276 g/mol. The predicted octanol–water partition coefficient (Wildman–Crippen LogP) is 3.26. The Balaban J connectivity index is 1.86. The quantitative estimate of drug-likeness (QED) is 0.871. The van der Waals surface area contributed by atoms with Crippen LogP contribution in [0, 0.1) is 0 Å². The summed E-state index contributed by atoms with van der Waals surface area (Å²) in [7, 11) is 1.67. The van der Waals surface area contributed by atoms with E-state index in [1.807, 2.05) is 17.0 Å². The summed E-state index contributed by atoms with van der Waals surface area (Å²) in [5.74, 6) is 0.858. The minimum atomic E-state index is -0.296. The van der Waals surface area contributed by atoms with Crippen LogP contribution in [0.2, 0.25) is 0 Å². The molecule has 0 aromatic heterocycles. The van der Waals surface area contributed by atoms with Crippen molar-refractivity contribution >= 4 is 6.03 Å². The average Bonchev–Trinajstić information content (AvgIpc) is 2.55. The number of nitrogens with zero attached hydrogens (tertiary/aromatic N) is 1. The Labute approximate surface area is 131 Å². The van der Waals surface area contributed by atoms with Crippen LogP contribution in [0.25, 0.3) is 0 Å². The highest BCUT2D eigenvalue weighted by molar-refractivity contribution is 5.73. The van der Waals surface area contributed by atoms with E-state index in [9.17, 15) is 4.79 Å². The fourth-order valence-electron chi connectivity index (χ4n) is 3.76. The molecule has 1 heterocycles. The third-order valence-corrected chi connectivity index (χ3v) is 4.93. The lowest BCUT2D eigenvalue weighted by molar-refractivity contribution is 0.184. The van der Waals surface area contributed by atoms with Crippen molar-refractivity contribution in [2.45, 2.75) is 44.6 Å². The Morgan fingerprint density at radius 2 is 1.95 bits per heavy atom. The first kappa shape index (κ1) is 14.9. The summed E-state index contributed by atoms with van der Waals surface area (Å²) in [5.41, 5.74) is 9.88. The minimum Gasteiger partial charge on any atom is -0.497 e. The van der Waals surface area contributed by atoms with E-state index in [0.29, 0.717) is 0 Å². The standard InChI is InChI=1S/C18H24N2O2/c1-22-15-8-6-13(7-9-15)12-17-16-5-3-2-4-14(16)10-11-20(17)18(19)21/h6-9,17H,2-5,10-12H2,1H3,(H2,19,21). The average molecular weight is 300 g/mol. The summed E-state index contributed by atoms with van der Waals surface area (Å²) in [6, 6.07) is 7.95. The lowest BCUT2D eigenvalue weighted by atomic mass is 9.80. The van der Waals surface area contributed by atoms with Gasteiger partial charge in [0.25, 0.3) is 0 Å². The van der Waals surface area contributed by atoms with Crippen molar-refractivity contribution in [3.05, 3.63) is 41.0 Å². The molecule has 0 radical (unpaired) electrons. The molecule has 0 fully saturated rings. The number of hydrogen-bond acceptors (Lipinski definition) is 2. The van der Waals surface area contributed by atoms with Crippen molar-refractivity contribution in [2.24, 2.45) is 5.73 Å². The number of ether oxygens (including phenoxy) is 1. The van der Waals surface area contributed by atoms with Gasteiger partial charge in [0.15, 0.2) is 0 Å². The molecule has 2 aliphatic rings. The van der Waals surface area contributed by atoms with Crippen molar-refractivity contribution in [2.75, 3.05) is 13.7 Å². The van der Waals surface area contributed by atoms with Crippen LogP contribution in [-0.4, -0.2) is 30.6 Å². The smallest absolute Gasteiger partial charge is 0.315 e. The SMILES string of the molecule is COc1ccc(CC2C3=C(CCCC3)CCN2C(N)=O)cc1. The predicted molar refractivity (Wildman–Crippen MR) is 86.9 cm³/mol.